The topological polar surface area (TPSA) is 89.4 Å². The van der Waals surface area contributed by atoms with Gasteiger partial charge in [-0.15, -0.1) is 24.8 Å². The molecule has 0 atom stereocenters. The van der Waals surface area contributed by atoms with E-state index in [-0.39, 0.29) is 42.5 Å². The van der Waals surface area contributed by atoms with Crippen LogP contribution in [-0.4, -0.2) is 81.6 Å². The minimum atomic E-state index is 0. The summed E-state index contributed by atoms with van der Waals surface area (Å²) in [7, 11) is 1.56. The molecule has 0 unspecified atom stereocenters. The van der Waals surface area contributed by atoms with Crippen LogP contribution in [0.15, 0.2) is 24.3 Å². The van der Waals surface area contributed by atoms with Gasteiger partial charge in [-0.3, -0.25) is 0 Å². The van der Waals surface area contributed by atoms with Gasteiger partial charge < -0.3 is 33.9 Å². The molecule has 4 heterocycles. The molecule has 33 heavy (non-hydrogen) atoms. The number of halogens is 4. The highest BCUT2D eigenvalue weighted by Crippen LogP contribution is 2.26. The monoisotopic (exact) mass is 544 g/mol. The van der Waals surface area contributed by atoms with Crippen molar-refractivity contribution < 1.29 is 24.1 Å². The van der Waals surface area contributed by atoms with E-state index in [1.807, 2.05) is 6.07 Å². The van der Waals surface area contributed by atoms with E-state index in [9.17, 15) is 5.11 Å². The summed E-state index contributed by atoms with van der Waals surface area (Å²) in [5.41, 5.74) is 0. The molecule has 13 heteroatoms. The van der Waals surface area contributed by atoms with Crippen molar-refractivity contribution in [1.82, 2.24) is 9.97 Å². The van der Waals surface area contributed by atoms with Crippen molar-refractivity contribution in [3.63, 3.8) is 0 Å². The summed E-state index contributed by atoms with van der Waals surface area (Å²) in [6, 6.07) is 7.01. The van der Waals surface area contributed by atoms with Gasteiger partial charge in [0.15, 0.2) is 28.6 Å². The minimum Gasteiger partial charge on any atom is -0.505 e. The second-order valence-electron chi connectivity index (χ2n) is 6.69. The molecule has 2 saturated heterocycles. The standard InChI is InChI=1S/C11H15ClN2O3.C9H11ClN2O2.2ClH/c1-15-8-17-9-2-3-10(13-11(9)12)14-4-6-16-7-5-14;10-9-7(13)1-2-8(11-9)12-3-5-14-6-4-12;;/h2-3H,4-8H2,1H3;1-2,13H,3-6H2;2*1H. The zero-order chi connectivity index (χ0) is 22.1. The third-order valence-electron chi connectivity index (χ3n) is 4.62. The fourth-order valence-corrected chi connectivity index (χ4v) is 3.35. The van der Waals surface area contributed by atoms with Crippen LogP contribution in [0.25, 0.3) is 0 Å². The summed E-state index contributed by atoms with van der Waals surface area (Å²) in [6.07, 6.45) is 0. The molecule has 9 nitrogen and oxygen atoms in total. The number of hydrogen-bond donors (Lipinski definition) is 1. The van der Waals surface area contributed by atoms with Gasteiger partial charge in [-0.05, 0) is 24.3 Å². The quantitative estimate of drug-likeness (QED) is 0.446. The summed E-state index contributed by atoms with van der Waals surface area (Å²) in [5, 5.41) is 9.70. The molecule has 2 aromatic rings. The Kier molecular flexibility index (Phi) is 13.8. The van der Waals surface area contributed by atoms with E-state index in [0.29, 0.717) is 24.1 Å². The highest BCUT2D eigenvalue weighted by molar-refractivity contribution is 6.31. The van der Waals surface area contributed by atoms with Gasteiger partial charge in [0.25, 0.3) is 0 Å². The van der Waals surface area contributed by atoms with Crippen molar-refractivity contribution in [2.24, 2.45) is 0 Å². The number of pyridine rings is 2. The molecular formula is C20H28Cl4N4O5. The van der Waals surface area contributed by atoms with Crippen molar-refractivity contribution in [3.05, 3.63) is 34.6 Å². The van der Waals surface area contributed by atoms with Gasteiger partial charge in [0.2, 0.25) is 0 Å². The number of hydrogen-bond acceptors (Lipinski definition) is 9. The van der Waals surface area contributed by atoms with Crippen LogP contribution in [0.2, 0.25) is 10.3 Å². The summed E-state index contributed by atoms with van der Waals surface area (Å²) < 4.78 is 20.6. The molecule has 2 fully saturated rings. The van der Waals surface area contributed by atoms with E-state index >= 15 is 0 Å². The van der Waals surface area contributed by atoms with Crippen molar-refractivity contribution in [2.45, 2.75) is 0 Å². The number of anilines is 2. The summed E-state index contributed by atoms with van der Waals surface area (Å²) in [6.45, 7) is 6.33. The van der Waals surface area contributed by atoms with Crippen LogP contribution < -0.4 is 14.5 Å². The number of morpholine rings is 2. The molecule has 4 rings (SSSR count). The van der Waals surface area contributed by atoms with Gasteiger partial charge in [-0.25, -0.2) is 9.97 Å². The molecule has 0 aliphatic carbocycles. The van der Waals surface area contributed by atoms with Gasteiger partial charge in [-0.2, -0.15) is 0 Å². The number of nitrogens with zero attached hydrogens (tertiary/aromatic N) is 4. The Morgan fingerprint density at radius 2 is 1.33 bits per heavy atom. The van der Waals surface area contributed by atoms with E-state index in [4.69, 9.17) is 42.1 Å². The zero-order valence-electron chi connectivity index (χ0n) is 18.1. The lowest BCUT2D eigenvalue weighted by Crippen LogP contribution is -2.36. The van der Waals surface area contributed by atoms with Crippen LogP contribution in [0, 0.1) is 0 Å². The normalized spacial score (nSPS) is 15.5. The Labute approximate surface area is 215 Å². The number of methoxy groups -OCH3 is 1. The van der Waals surface area contributed by atoms with Crippen molar-refractivity contribution in [2.75, 3.05) is 76.3 Å². The summed E-state index contributed by atoms with van der Waals surface area (Å²) in [4.78, 5) is 12.6. The molecule has 0 aromatic carbocycles. The molecule has 2 aliphatic heterocycles. The third kappa shape index (κ3) is 9.01. The molecule has 2 aromatic heterocycles. The molecule has 1 N–H and O–H groups in total. The van der Waals surface area contributed by atoms with Crippen LogP contribution in [0.4, 0.5) is 11.6 Å². The molecular weight excluding hydrogens is 518 g/mol. The first kappa shape index (κ1) is 29.6. The number of aromatic nitrogens is 2. The fraction of sp³-hybridized carbons (Fsp3) is 0.500. The molecule has 0 radical (unpaired) electrons. The van der Waals surface area contributed by atoms with E-state index < -0.39 is 0 Å². The smallest absolute Gasteiger partial charge is 0.188 e. The van der Waals surface area contributed by atoms with E-state index in [1.165, 1.54) is 0 Å². The molecule has 0 amide bonds. The lowest BCUT2D eigenvalue weighted by atomic mass is 10.3. The number of rotatable bonds is 5. The van der Waals surface area contributed by atoms with Crippen molar-refractivity contribution >= 4 is 59.7 Å². The van der Waals surface area contributed by atoms with E-state index in [0.717, 1.165) is 51.0 Å². The Morgan fingerprint density at radius 3 is 1.79 bits per heavy atom. The average Bonchev–Trinajstić information content (AvgIpc) is 2.81. The van der Waals surface area contributed by atoms with Crippen molar-refractivity contribution in [1.29, 1.82) is 0 Å². The maximum atomic E-state index is 9.20. The second kappa shape index (κ2) is 15.4. The van der Waals surface area contributed by atoms with Crippen LogP contribution in [0.5, 0.6) is 11.5 Å². The lowest BCUT2D eigenvalue weighted by molar-refractivity contribution is 0.0509. The highest BCUT2D eigenvalue weighted by Gasteiger charge is 2.15. The first-order valence-corrected chi connectivity index (χ1v) is 10.6. The van der Waals surface area contributed by atoms with E-state index in [1.54, 1.807) is 25.3 Å². The largest absolute Gasteiger partial charge is 0.505 e. The van der Waals surface area contributed by atoms with Crippen molar-refractivity contribution in [3.8, 4) is 11.5 Å². The molecule has 186 valence electrons. The minimum absolute atomic E-state index is 0. The Balaban J connectivity index is 0.000000316. The predicted octanol–water partition coefficient (Wildman–Crippen LogP) is 3.68. The fourth-order valence-electron chi connectivity index (χ4n) is 3.00. The molecule has 2 aliphatic rings. The Hall–Kier alpha value is -1.46. The zero-order valence-corrected chi connectivity index (χ0v) is 21.3. The van der Waals surface area contributed by atoms with Gasteiger partial charge in [-0.1, -0.05) is 23.2 Å². The van der Waals surface area contributed by atoms with Crippen LogP contribution in [-0.2, 0) is 14.2 Å². The second-order valence-corrected chi connectivity index (χ2v) is 7.40. The Bertz CT molecular complexity index is 840. The average molecular weight is 546 g/mol. The summed E-state index contributed by atoms with van der Waals surface area (Å²) >= 11 is 11.7. The highest BCUT2D eigenvalue weighted by atomic mass is 35.5. The first-order valence-electron chi connectivity index (χ1n) is 9.87. The predicted molar refractivity (Wildman–Crippen MR) is 133 cm³/mol. The molecule has 0 bridgehead atoms. The number of ether oxygens (including phenoxy) is 4. The molecule has 0 saturated carbocycles. The van der Waals surface area contributed by atoms with E-state index in [2.05, 4.69) is 19.8 Å². The van der Waals surface area contributed by atoms with Crippen LogP contribution >= 0.6 is 48.0 Å². The maximum absolute atomic E-state index is 9.20. The molecule has 0 spiro atoms. The van der Waals surface area contributed by atoms with Gasteiger partial charge >= 0.3 is 0 Å². The van der Waals surface area contributed by atoms with Gasteiger partial charge in [0, 0.05) is 33.3 Å². The van der Waals surface area contributed by atoms with Gasteiger partial charge in [0.1, 0.15) is 11.6 Å². The van der Waals surface area contributed by atoms with Crippen LogP contribution in [0.3, 0.4) is 0 Å². The van der Waals surface area contributed by atoms with Gasteiger partial charge in [0.05, 0.1) is 26.4 Å². The Morgan fingerprint density at radius 1 is 0.848 bits per heavy atom. The number of aromatic hydroxyl groups is 1. The third-order valence-corrected chi connectivity index (χ3v) is 5.17. The first-order chi connectivity index (χ1) is 15.1. The lowest BCUT2D eigenvalue weighted by Gasteiger charge is -2.27. The van der Waals surface area contributed by atoms with Crippen LogP contribution in [0.1, 0.15) is 0 Å². The SMILES string of the molecule is COCOc1ccc(N2CCOCC2)nc1Cl.Cl.Cl.Oc1ccc(N2CCOCC2)nc1Cl. The maximum Gasteiger partial charge on any atom is 0.188 e. The summed E-state index contributed by atoms with van der Waals surface area (Å²) in [5.74, 6) is 2.19.